The van der Waals surface area contributed by atoms with Gasteiger partial charge in [0.15, 0.2) is 0 Å². The number of pyridine rings is 1. The third-order valence-corrected chi connectivity index (χ3v) is 1.52. The average Bonchev–Trinajstić information content (AvgIpc) is 1.95. The van der Waals surface area contributed by atoms with Crippen LogP contribution in [0.1, 0.15) is 5.69 Å². The molecule has 10 heavy (non-hydrogen) atoms. The van der Waals surface area contributed by atoms with Gasteiger partial charge in [-0.05, 0) is 28.1 Å². The zero-order chi connectivity index (χ0) is 7.40. The molecule has 54 valence electrons. The van der Waals surface area contributed by atoms with E-state index in [0.29, 0.717) is 6.54 Å². The molecular weight excluding hydrogens is 196 g/mol. The van der Waals surface area contributed by atoms with Crippen LogP contribution >= 0.6 is 15.9 Å². The van der Waals surface area contributed by atoms with E-state index in [9.17, 15) is 0 Å². The summed E-state index contributed by atoms with van der Waals surface area (Å²) in [6.07, 6.45) is 1.69. The molecule has 0 fully saturated rings. The summed E-state index contributed by atoms with van der Waals surface area (Å²) in [6.45, 7) is 0.382. The Morgan fingerprint density at radius 3 is 2.90 bits per heavy atom. The monoisotopic (exact) mass is 202 g/mol. The van der Waals surface area contributed by atoms with Crippen molar-refractivity contribution in [1.82, 2.24) is 10.5 Å². The number of aromatic nitrogens is 1. The zero-order valence-electron chi connectivity index (χ0n) is 5.21. The van der Waals surface area contributed by atoms with E-state index in [-0.39, 0.29) is 0 Å². The summed E-state index contributed by atoms with van der Waals surface area (Å²) >= 11 is 3.25. The molecule has 1 aromatic rings. The first-order valence-corrected chi connectivity index (χ1v) is 3.59. The predicted octanol–water partition coefficient (Wildman–Crippen LogP) is 1.32. The van der Waals surface area contributed by atoms with Crippen molar-refractivity contribution in [1.29, 1.82) is 0 Å². The van der Waals surface area contributed by atoms with E-state index >= 15 is 0 Å². The first kappa shape index (κ1) is 7.65. The van der Waals surface area contributed by atoms with Gasteiger partial charge in [0.1, 0.15) is 0 Å². The minimum Gasteiger partial charge on any atom is -0.316 e. The molecular formula is C6H7BrN2O. The Labute approximate surface area is 67.2 Å². The summed E-state index contributed by atoms with van der Waals surface area (Å²) in [7, 11) is 0. The van der Waals surface area contributed by atoms with Crippen molar-refractivity contribution in [2.75, 3.05) is 0 Å². The van der Waals surface area contributed by atoms with Gasteiger partial charge < -0.3 is 5.21 Å². The summed E-state index contributed by atoms with van der Waals surface area (Å²) in [5.74, 6) is 0. The fraction of sp³-hybridized carbons (Fsp3) is 0.167. The fourth-order valence-corrected chi connectivity index (χ4v) is 0.827. The number of hydrogen-bond donors (Lipinski definition) is 2. The van der Waals surface area contributed by atoms with Crippen LogP contribution in [-0.4, -0.2) is 10.2 Å². The van der Waals surface area contributed by atoms with E-state index < -0.39 is 0 Å². The molecule has 0 saturated carbocycles. The Bertz CT molecular complexity index is 199. The Balaban J connectivity index is 2.69. The van der Waals surface area contributed by atoms with E-state index in [1.54, 1.807) is 6.20 Å². The van der Waals surface area contributed by atoms with Gasteiger partial charge >= 0.3 is 0 Å². The average molecular weight is 203 g/mol. The highest BCUT2D eigenvalue weighted by Gasteiger charge is 1.90. The molecule has 1 rings (SSSR count). The van der Waals surface area contributed by atoms with Crippen LogP contribution < -0.4 is 5.48 Å². The van der Waals surface area contributed by atoms with Gasteiger partial charge in [0, 0.05) is 10.7 Å². The van der Waals surface area contributed by atoms with Crippen molar-refractivity contribution in [3.8, 4) is 0 Å². The van der Waals surface area contributed by atoms with Crippen molar-refractivity contribution in [2.24, 2.45) is 0 Å². The van der Waals surface area contributed by atoms with Crippen molar-refractivity contribution < 1.29 is 5.21 Å². The number of halogens is 1. The van der Waals surface area contributed by atoms with E-state index in [1.165, 1.54) is 0 Å². The van der Waals surface area contributed by atoms with Crippen LogP contribution in [0.2, 0.25) is 0 Å². The molecule has 0 unspecified atom stereocenters. The summed E-state index contributed by atoms with van der Waals surface area (Å²) in [5.41, 5.74) is 2.84. The molecule has 0 bridgehead atoms. The molecule has 0 aliphatic heterocycles. The van der Waals surface area contributed by atoms with Gasteiger partial charge in [-0.3, -0.25) is 4.98 Å². The molecule has 4 heteroatoms. The van der Waals surface area contributed by atoms with Gasteiger partial charge in [0.05, 0.1) is 12.2 Å². The highest BCUT2D eigenvalue weighted by molar-refractivity contribution is 9.10. The lowest BCUT2D eigenvalue weighted by molar-refractivity contribution is 0.160. The molecule has 0 aliphatic rings. The maximum Gasteiger partial charge on any atom is 0.0631 e. The highest BCUT2D eigenvalue weighted by atomic mass is 79.9. The third kappa shape index (κ3) is 2.06. The topological polar surface area (TPSA) is 45.1 Å². The van der Waals surface area contributed by atoms with Gasteiger partial charge in [-0.25, -0.2) is 0 Å². The standard InChI is InChI=1S/C6H7BrN2O/c7-5-1-2-6(4-9-10)8-3-5/h1-3,9-10H,4H2. The molecule has 0 saturated heterocycles. The number of hydrogen-bond acceptors (Lipinski definition) is 3. The Morgan fingerprint density at radius 1 is 1.60 bits per heavy atom. The third-order valence-electron chi connectivity index (χ3n) is 1.05. The van der Waals surface area contributed by atoms with Crippen LogP contribution in [0.3, 0.4) is 0 Å². The lowest BCUT2D eigenvalue weighted by Gasteiger charge is -1.96. The fourth-order valence-electron chi connectivity index (χ4n) is 0.592. The van der Waals surface area contributed by atoms with Gasteiger partial charge in [0.2, 0.25) is 0 Å². The van der Waals surface area contributed by atoms with Crippen molar-refractivity contribution in [2.45, 2.75) is 6.54 Å². The van der Waals surface area contributed by atoms with Crippen molar-refractivity contribution in [3.05, 3.63) is 28.5 Å². The van der Waals surface area contributed by atoms with E-state index in [2.05, 4.69) is 20.9 Å². The lowest BCUT2D eigenvalue weighted by Crippen LogP contribution is -2.07. The van der Waals surface area contributed by atoms with Gasteiger partial charge in [-0.1, -0.05) is 0 Å². The van der Waals surface area contributed by atoms with Crippen LogP contribution in [0.5, 0.6) is 0 Å². The van der Waals surface area contributed by atoms with Gasteiger partial charge in [-0.2, -0.15) is 5.48 Å². The quantitative estimate of drug-likeness (QED) is 0.712. The van der Waals surface area contributed by atoms with Crippen LogP contribution in [0.15, 0.2) is 22.8 Å². The normalized spacial score (nSPS) is 9.80. The number of rotatable bonds is 2. The molecule has 0 aliphatic carbocycles. The molecule has 0 atom stereocenters. The maximum atomic E-state index is 8.29. The second-order valence-corrected chi connectivity index (χ2v) is 2.72. The Kier molecular flexibility index (Phi) is 2.80. The van der Waals surface area contributed by atoms with E-state index in [4.69, 9.17) is 5.21 Å². The highest BCUT2D eigenvalue weighted by Crippen LogP contribution is 2.06. The molecule has 3 nitrogen and oxygen atoms in total. The number of nitrogens with zero attached hydrogens (tertiary/aromatic N) is 1. The van der Waals surface area contributed by atoms with Crippen LogP contribution in [-0.2, 0) is 6.54 Å². The zero-order valence-corrected chi connectivity index (χ0v) is 6.80. The smallest absolute Gasteiger partial charge is 0.0631 e. The maximum absolute atomic E-state index is 8.29. The number of nitrogens with one attached hydrogen (secondary N) is 1. The minimum atomic E-state index is 0.382. The van der Waals surface area contributed by atoms with E-state index in [0.717, 1.165) is 10.2 Å². The van der Waals surface area contributed by atoms with Gasteiger partial charge in [-0.15, -0.1) is 0 Å². The number of hydroxylamine groups is 1. The Morgan fingerprint density at radius 2 is 2.40 bits per heavy atom. The summed E-state index contributed by atoms with van der Waals surface area (Å²) in [5, 5.41) is 8.29. The first-order valence-electron chi connectivity index (χ1n) is 2.80. The SMILES string of the molecule is ONCc1ccc(Br)cn1. The van der Waals surface area contributed by atoms with Crippen LogP contribution in [0.25, 0.3) is 0 Å². The van der Waals surface area contributed by atoms with E-state index in [1.807, 2.05) is 17.6 Å². The second kappa shape index (κ2) is 3.65. The lowest BCUT2D eigenvalue weighted by atomic mass is 10.4. The largest absolute Gasteiger partial charge is 0.316 e. The van der Waals surface area contributed by atoms with Crippen LogP contribution in [0.4, 0.5) is 0 Å². The molecule has 0 spiro atoms. The van der Waals surface area contributed by atoms with Crippen LogP contribution in [0, 0.1) is 0 Å². The molecule has 2 N–H and O–H groups in total. The second-order valence-electron chi connectivity index (χ2n) is 1.80. The molecule has 0 radical (unpaired) electrons. The molecule has 0 aromatic carbocycles. The Hall–Kier alpha value is -0.450. The summed E-state index contributed by atoms with van der Waals surface area (Å²) in [6, 6.07) is 3.70. The molecule has 0 amide bonds. The minimum absolute atomic E-state index is 0.382. The summed E-state index contributed by atoms with van der Waals surface area (Å²) in [4.78, 5) is 4.00. The van der Waals surface area contributed by atoms with Crippen molar-refractivity contribution >= 4 is 15.9 Å². The summed E-state index contributed by atoms with van der Waals surface area (Å²) < 4.78 is 0.939. The van der Waals surface area contributed by atoms with Crippen molar-refractivity contribution in [3.63, 3.8) is 0 Å². The molecule has 1 heterocycles. The van der Waals surface area contributed by atoms with Gasteiger partial charge in [0.25, 0.3) is 0 Å². The molecule has 1 aromatic heterocycles. The first-order chi connectivity index (χ1) is 4.83. The predicted molar refractivity (Wildman–Crippen MR) is 40.6 cm³/mol.